The number of hydrogen-bond donors (Lipinski definition) is 1. The Morgan fingerprint density at radius 1 is 1.00 bits per heavy atom. The van der Waals surface area contributed by atoms with E-state index in [1.165, 1.54) is 6.07 Å². The Hall–Kier alpha value is -3.09. The number of rotatable bonds is 9. The first-order valence-electron chi connectivity index (χ1n) is 9.03. The van der Waals surface area contributed by atoms with Gasteiger partial charge in [-0.3, -0.25) is 9.59 Å². The van der Waals surface area contributed by atoms with E-state index in [0.717, 1.165) is 0 Å². The van der Waals surface area contributed by atoms with Crippen LogP contribution >= 0.6 is 0 Å². The summed E-state index contributed by atoms with van der Waals surface area (Å²) < 4.78 is 29.5. The van der Waals surface area contributed by atoms with Crippen LogP contribution in [0.25, 0.3) is 0 Å². The average molecular weight is 389 g/mol. The maximum atomic E-state index is 13.5. The Morgan fingerprint density at radius 2 is 1.71 bits per heavy atom. The van der Waals surface area contributed by atoms with Gasteiger partial charge in [0.15, 0.2) is 18.1 Å². The molecule has 0 bridgehead atoms. The molecule has 6 nitrogen and oxygen atoms in total. The smallest absolute Gasteiger partial charge is 0.310 e. The molecule has 0 fully saturated rings. The molecule has 0 unspecified atom stereocenters. The molecular formula is C21H24FNO5. The SMILES string of the molecule is CCOc1ccc(CC(=O)OCC(=O)Nc2ccc(C)c(F)c2)cc1OCC. The minimum atomic E-state index is -0.558. The van der Waals surface area contributed by atoms with Gasteiger partial charge < -0.3 is 19.5 Å². The van der Waals surface area contributed by atoms with E-state index in [1.807, 2.05) is 13.8 Å². The molecule has 0 aliphatic rings. The van der Waals surface area contributed by atoms with Crippen molar-refractivity contribution in [1.82, 2.24) is 0 Å². The van der Waals surface area contributed by atoms with Crippen molar-refractivity contribution < 1.29 is 28.2 Å². The van der Waals surface area contributed by atoms with E-state index in [0.29, 0.717) is 41.5 Å². The van der Waals surface area contributed by atoms with Crippen LogP contribution in [0.3, 0.4) is 0 Å². The largest absolute Gasteiger partial charge is 0.490 e. The third kappa shape index (κ3) is 6.26. The van der Waals surface area contributed by atoms with Crippen LogP contribution < -0.4 is 14.8 Å². The van der Waals surface area contributed by atoms with Crippen molar-refractivity contribution in [3.8, 4) is 11.5 Å². The zero-order valence-corrected chi connectivity index (χ0v) is 16.2. The number of carbonyl (C=O) groups is 2. The standard InChI is InChI=1S/C21H24FNO5/c1-4-26-18-9-7-15(10-19(18)27-5-2)11-21(25)28-13-20(24)23-16-8-6-14(3)17(22)12-16/h6-10,12H,4-5,11,13H2,1-3H3,(H,23,24). The van der Waals surface area contributed by atoms with Gasteiger partial charge in [0.2, 0.25) is 0 Å². The topological polar surface area (TPSA) is 73.9 Å². The summed E-state index contributed by atoms with van der Waals surface area (Å²) >= 11 is 0. The van der Waals surface area contributed by atoms with Gasteiger partial charge in [-0.2, -0.15) is 0 Å². The molecule has 0 radical (unpaired) electrons. The fourth-order valence-electron chi connectivity index (χ4n) is 2.44. The molecule has 1 N–H and O–H groups in total. The van der Waals surface area contributed by atoms with Crippen molar-refractivity contribution >= 4 is 17.6 Å². The van der Waals surface area contributed by atoms with Crippen molar-refractivity contribution in [3.63, 3.8) is 0 Å². The second-order valence-corrected chi connectivity index (χ2v) is 6.00. The van der Waals surface area contributed by atoms with Gasteiger partial charge in [0.1, 0.15) is 5.82 Å². The second kappa shape index (κ2) is 10.3. The summed E-state index contributed by atoms with van der Waals surface area (Å²) in [6.07, 6.45) is -0.0150. The lowest BCUT2D eigenvalue weighted by Crippen LogP contribution is -2.21. The van der Waals surface area contributed by atoms with Gasteiger partial charge >= 0.3 is 5.97 Å². The monoisotopic (exact) mass is 389 g/mol. The zero-order chi connectivity index (χ0) is 20.5. The van der Waals surface area contributed by atoms with Crippen LogP contribution in [0.2, 0.25) is 0 Å². The van der Waals surface area contributed by atoms with Gasteiger partial charge in [0, 0.05) is 5.69 Å². The molecule has 0 saturated heterocycles. The number of aryl methyl sites for hydroxylation is 1. The van der Waals surface area contributed by atoms with E-state index in [-0.39, 0.29) is 6.42 Å². The average Bonchev–Trinajstić information content (AvgIpc) is 2.65. The van der Waals surface area contributed by atoms with Gasteiger partial charge in [0.05, 0.1) is 19.6 Å². The van der Waals surface area contributed by atoms with Gasteiger partial charge in [0.25, 0.3) is 5.91 Å². The fraction of sp³-hybridized carbons (Fsp3) is 0.333. The fourth-order valence-corrected chi connectivity index (χ4v) is 2.44. The number of carbonyl (C=O) groups excluding carboxylic acids is 2. The first-order chi connectivity index (χ1) is 13.4. The van der Waals surface area contributed by atoms with Gasteiger partial charge in [-0.05, 0) is 56.2 Å². The molecule has 0 aliphatic carbocycles. The van der Waals surface area contributed by atoms with E-state index >= 15 is 0 Å². The summed E-state index contributed by atoms with van der Waals surface area (Å²) in [7, 11) is 0. The predicted octanol–water partition coefficient (Wildman–Crippen LogP) is 3.66. The quantitative estimate of drug-likeness (QED) is 0.663. The van der Waals surface area contributed by atoms with E-state index in [1.54, 1.807) is 37.3 Å². The summed E-state index contributed by atoms with van der Waals surface area (Å²) in [5.74, 6) is -0.370. The number of esters is 1. The second-order valence-electron chi connectivity index (χ2n) is 6.00. The molecule has 150 valence electrons. The maximum absolute atomic E-state index is 13.5. The zero-order valence-electron chi connectivity index (χ0n) is 16.2. The molecular weight excluding hydrogens is 365 g/mol. The lowest BCUT2D eigenvalue weighted by atomic mass is 10.1. The lowest BCUT2D eigenvalue weighted by molar-refractivity contribution is -0.146. The highest BCUT2D eigenvalue weighted by Crippen LogP contribution is 2.28. The molecule has 0 saturated carbocycles. The van der Waals surface area contributed by atoms with Gasteiger partial charge in [-0.1, -0.05) is 12.1 Å². The van der Waals surface area contributed by atoms with Crippen molar-refractivity contribution in [1.29, 1.82) is 0 Å². The van der Waals surface area contributed by atoms with Crippen molar-refractivity contribution in [2.75, 3.05) is 25.1 Å². The molecule has 2 rings (SSSR count). The molecule has 1 amide bonds. The summed E-state index contributed by atoms with van der Waals surface area (Å²) in [4.78, 5) is 23.9. The first-order valence-corrected chi connectivity index (χ1v) is 9.03. The Kier molecular flexibility index (Phi) is 7.80. The molecule has 2 aromatic carbocycles. The van der Waals surface area contributed by atoms with Crippen LogP contribution in [0, 0.1) is 12.7 Å². The first kappa shape index (κ1) is 21.2. The Labute approximate surface area is 163 Å². The summed E-state index contributed by atoms with van der Waals surface area (Å²) in [5, 5.41) is 2.48. The molecule has 0 aromatic heterocycles. The minimum Gasteiger partial charge on any atom is -0.490 e. The van der Waals surface area contributed by atoms with E-state index < -0.39 is 24.3 Å². The lowest BCUT2D eigenvalue weighted by Gasteiger charge is -2.12. The number of nitrogens with one attached hydrogen (secondary N) is 1. The Bertz CT molecular complexity index is 838. The Balaban J connectivity index is 1.88. The van der Waals surface area contributed by atoms with Crippen LogP contribution in [0.4, 0.5) is 10.1 Å². The van der Waals surface area contributed by atoms with Crippen molar-refractivity contribution in [3.05, 3.63) is 53.3 Å². The normalized spacial score (nSPS) is 10.3. The minimum absolute atomic E-state index is 0.0150. The molecule has 7 heteroatoms. The van der Waals surface area contributed by atoms with Crippen LogP contribution in [0.15, 0.2) is 36.4 Å². The van der Waals surface area contributed by atoms with Crippen LogP contribution in [-0.2, 0) is 20.7 Å². The number of hydrogen-bond acceptors (Lipinski definition) is 5. The third-order valence-electron chi connectivity index (χ3n) is 3.78. The van der Waals surface area contributed by atoms with E-state index in [2.05, 4.69) is 5.32 Å². The summed E-state index contributed by atoms with van der Waals surface area (Å²) in [6.45, 7) is 5.87. The van der Waals surface area contributed by atoms with Crippen LogP contribution in [0.5, 0.6) is 11.5 Å². The maximum Gasteiger partial charge on any atom is 0.310 e. The molecule has 2 aromatic rings. The van der Waals surface area contributed by atoms with Gasteiger partial charge in [-0.25, -0.2) is 4.39 Å². The molecule has 0 spiro atoms. The number of amides is 1. The number of halogens is 1. The highest BCUT2D eigenvalue weighted by Gasteiger charge is 2.12. The highest BCUT2D eigenvalue weighted by atomic mass is 19.1. The van der Waals surface area contributed by atoms with Crippen LogP contribution in [0.1, 0.15) is 25.0 Å². The summed E-state index contributed by atoms with van der Waals surface area (Å²) in [6, 6.07) is 9.53. The highest BCUT2D eigenvalue weighted by molar-refractivity contribution is 5.92. The summed E-state index contributed by atoms with van der Waals surface area (Å²) in [5.41, 5.74) is 1.46. The predicted molar refractivity (Wildman–Crippen MR) is 103 cm³/mol. The molecule has 0 atom stereocenters. The third-order valence-corrected chi connectivity index (χ3v) is 3.78. The number of anilines is 1. The van der Waals surface area contributed by atoms with Gasteiger partial charge in [-0.15, -0.1) is 0 Å². The molecule has 0 heterocycles. The van der Waals surface area contributed by atoms with Crippen molar-refractivity contribution in [2.24, 2.45) is 0 Å². The number of benzene rings is 2. The van der Waals surface area contributed by atoms with Crippen molar-refractivity contribution in [2.45, 2.75) is 27.2 Å². The Morgan fingerprint density at radius 3 is 2.39 bits per heavy atom. The molecule has 28 heavy (non-hydrogen) atoms. The number of ether oxygens (including phenoxy) is 3. The van der Waals surface area contributed by atoms with E-state index in [4.69, 9.17) is 14.2 Å². The van der Waals surface area contributed by atoms with E-state index in [9.17, 15) is 14.0 Å². The molecule has 0 aliphatic heterocycles. The van der Waals surface area contributed by atoms with Crippen LogP contribution in [-0.4, -0.2) is 31.7 Å².